The van der Waals surface area contributed by atoms with Gasteiger partial charge in [-0.05, 0) is 37.5 Å². The van der Waals surface area contributed by atoms with Crippen LogP contribution in [0.3, 0.4) is 0 Å². The normalized spacial score (nSPS) is 17.7. The van der Waals surface area contributed by atoms with Crippen LogP contribution in [0, 0.1) is 11.8 Å². The van der Waals surface area contributed by atoms with E-state index in [1.807, 2.05) is 0 Å². The number of anilines is 1. The fraction of sp³-hybridized carbons (Fsp3) is 0.438. The van der Waals surface area contributed by atoms with Crippen molar-refractivity contribution in [1.82, 2.24) is 0 Å². The quantitative estimate of drug-likeness (QED) is 0.844. The summed E-state index contributed by atoms with van der Waals surface area (Å²) in [7, 11) is 0. The summed E-state index contributed by atoms with van der Waals surface area (Å²) in [6.07, 6.45) is 3.52. The number of carbonyl (C=O) groups is 1. The van der Waals surface area contributed by atoms with E-state index in [1.165, 1.54) is 0 Å². The van der Waals surface area contributed by atoms with E-state index in [0.717, 1.165) is 25.9 Å². The molecule has 0 spiro atoms. The molecule has 4 nitrogen and oxygen atoms in total. The fourth-order valence-corrected chi connectivity index (χ4v) is 2.42. The second-order valence-corrected chi connectivity index (χ2v) is 5.37. The third kappa shape index (κ3) is 5.05. The Labute approximate surface area is 130 Å². The molecule has 1 aliphatic rings. The molecular weight excluding hydrogens is 288 g/mol. The number of carbonyl (C=O) groups excluding carboxylic acids is 1. The lowest BCUT2D eigenvalue weighted by Gasteiger charge is -2.22. The van der Waals surface area contributed by atoms with Gasteiger partial charge in [-0.15, -0.1) is 0 Å². The SMILES string of the molecule is NCC#Cc1cc(Cl)ccc1NC(=O)CC1CCCCO1. The molecule has 21 heavy (non-hydrogen) atoms. The van der Waals surface area contributed by atoms with Gasteiger partial charge in [0.05, 0.1) is 24.8 Å². The highest BCUT2D eigenvalue weighted by Crippen LogP contribution is 2.21. The molecule has 0 aromatic heterocycles. The molecule has 2 rings (SSSR count). The molecule has 0 aliphatic carbocycles. The maximum Gasteiger partial charge on any atom is 0.227 e. The molecule has 112 valence electrons. The number of rotatable bonds is 3. The standard InChI is InChI=1S/C16H19ClN2O2/c17-13-6-7-15(12(10-13)4-3-8-18)19-16(20)11-14-5-1-2-9-21-14/h6-7,10,14H,1-2,5,8-9,11,18H2,(H,19,20). The van der Waals surface area contributed by atoms with E-state index >= 15 is 0 Å². The number of nitrogens with two attached hydrogens (primary N) is 1. The average molecular weight is 307 g/mol. The Hall–Kier alpha value is -1.54. The first-order valence-corrected chi connectivity index (χ1v) is 7.47. The van der Waals surface area contributed by atoms with E-state index in [9.17, 15) is 4.79 Å². The van der Waals surface area contributed by atoms with Crippen LogP contribution in [0.5, 0.6) is 0 Å². The summed E-state index contributed by atoms with van der Waals surface area (Å²) >= 11 is 5.96. The Balaban J connectivity index is 2.02. The van der Waals surface area contributed by atoms with E-state index in [1.54, 1.807) is 18.2 Å². The molecule has 1 atom stereocenters. The maximum absolute atomic E-state index is 12.1. The Kier molecular flexibility index (Phi) is 6.06. The molecule has 1 aromatic carbocycles. The number of ether oxygens (including phenoxy) is 1. The van der Waals surface area contributed by atoms with E-state index in [0.29, 0.717) is 22.7 Å². The van der Waals surface area contributed by atoms with Gasteiger partial charge in [0.25, 0.3) is 0 Å². The minimum atomic E-state index is -0.0694. The molecule has 1 fully saturated rings. The minimum absolute atomic E-state index is 0.0182. The summed E-state index contributed by atoms with van der Waals surface area (Å²) in [4.78, 5) is 12.1. The zero-order valence-corrected chi connectivity index (χ0v) is 12.6. The molecule has 1 saturated heterocycles. The fourth-order valence-electron chi connectivity index (χ4n) is 2.25. The van der Waals surface area contributed by atoms with E-state index in [2.05, 4.69) is 17.2 Å². The Morgan fingerprint density at radius 2 is 2.33 bits per heavy atom. The predicted octanol–water partition coefficient (Wildman–Crippen LogP) is 2.55. The van der Waals surface area contributed by atoms with Gasteiger partial charge in [-0.25, -0.2) is 0 Å². The van der Waals surface area contributed by atoms with Crippen molar-refractivity contribution in [1.29, 1.82) is 0 Å². The maximum atomic E-state index is 12.1. The number of hydrogen-bond acceptors (Lipinski definition) is 3. The highest BCUT2D eigenvalue weighted by Gasteiger charge is 2.18. The lowest BCUT2D eigenvalue weighted by molar-refractivity contribution is -0.119. The van der Waals surface area contributed by atoms with Crippen molar-refractivity contribution in [2.75, 3.05) is 18.5 Å². The molecule has 1 aromatic rings. The summed E-state index contributed by atoms with van der Waals surface area (Å²) in [6, 6.07) is 5.20. The third-order valence-corrected chi connectivity index (χ3v) is 3.50. The molecular formula is C16H19ClN2O2. The number of halogens is 1. The molecule has 1 unspecified atom stereocenters. The van der Waals surface area contributed by atoms with Gasteiger partial charge >= 0.3 is 0 Å². The van der Waals surface area contributed by atoms with Crippen LogP contribution in [0.4, 0.5) is 5.69 Å². The number of benzene rings is 1. The predicted molar refractivity (Wildman–Crippen MR) is 84.2 cm³/mol. The van der Waals surface area contributed by atoms with E-state index in [-0.39, 0.29) is 18.6 Å². The van der Waals surface area contributed by atoms with Crippen molar-refractivity contribution in [3.05, 3.63) is 28.8 Å². The van der Waals surface area contributed by atoms with E-state index < -0.39 is 0 Å². The first kappa shape index (κ1) is 15.8. The smallest absolute Gasteiger partial charge is 0.227 e. The van der Waals surface area contributed by atoms with Gasteiger partial charge < -0.3 is 15.8 Å². The highest BCUT2D eigenvalue weighted by molar-refractivity contribution is 6.30. The zero-order valence-electron chi connectivity index (χ0n) is 11.8. The summed E-state index contributed by atoms with van der Waals surface area (Å²) in [6.45, 7) is 1.00. The van der Waals surface area contributed by atoms with Crippen molar-refractivity contribution >= 4 is 23.2 Å². The molecule has 3 N–H and O–H groups in total. The van der Waals surface area contributed by atoms with Gasteiger partial charge in [-0.2, -0.15) is 0 Å². The first-order valence-electron chi connectivity index (χ1n) is 7.09. The van der Waals surface area contributed by atoms with Crippen molar-refractivity contribution in [3.63, 3.8) is 0 Å². The van der Waals surface area contributed by atoms with Crippen LogP contribution in [0.25, 0.3) is 0 Å². The second kappa shape index (κ2) is 8.04. The second-order valence-electron chi connectivity index (χ2n) is 4.94. The monoisotopic (exact) mass is 306 g/mol. The van der Waals surface area contributed by atoms with Crippen molar-refractivity contribution in [2.45, 2.75) is 31.8 Å². The van der Waals surface area contributed by atoms with Crippen molar-refractivity contribution < 1.29 is 9.53 Å². The Morgan fingerprint density at radius 3 is 3.05 bits per heavy atom. The Morgan fingerprint density at radius 1 is 1.48 bits per heavy atom. The van der Waals surface area contributed by atoms with Gasteiger partial charge in [-0.1, -0.05) is 23.4 Å². The summed E-state index contributed by atoms with van der Waals surface area (Å²) in [5.41, 5.74) is 6.70. The average Bonchev–Trinajstić information content (AvgIpc) is 2.48. The summed E-state index contributed by atoms with van der Waals surface area (Å²) in [5, 5.41) is 3.45. The largest absolute Gasteiger partial charge is 0.378 e. The van der Waals surface area contributed by atoms with Crippen molar-refractivity contribution in [2.24, 2.45) is 5.73 Å². The molecule has 5 heteroatoms. The molecule has 1 aliphatic heterocycles. The number of hydrogen-bond donors (Lipinski definition) is 2. The first-order chi connectivity index (χ1) is 10.2. The third-order valence-electron chi connectivity index (χ3n) is 3.27. The van der Waals surface area contributed by atoms with Gasteiger partial charge in [0.2, 0.25) is 5.91 Å². The van der Waals surface area contributed by atoms with Crippen LogP contribution in [0.2, 0.25) is 5.02 Å². The van der Waals surface area contributed by atoms with Crippen LogP contribution < -0.4 is 11.1 Å². The van der Waals surface area contributed by atoms with Crippen LogP contribution in [0.15, 0.2) is 18.2 Å². The topological polar surface area (TPSA) is 64.3 Å². The minimum Gasteiger partial charge on any atom is -0.378 e. The van der Waals surface area contributed by atoms with Crippen LogP contribution >= 0.6 is 11.6 Å². The van der Waals surface area contributed by atoms with Crippen LogP contribution in [-0.2, 0) is 9.53 Å². The molecule has 1 heterocycles. The van der Waals surface area contributed by atoms with Gasteiger partial charge in [0, 0.05) is 17.2 Å². The Bertz CT molecular complexity index is 557. The molecule has 1 amide bonds. The number of amides is 1. The van der Waals surface area contributed by atoms with Gasteiger partial charge in [0.15, 0.2) is 0 Å². The van der Waals surface area contributed by atoms with Crippen LogP contribution in [-0.4, -0.2) is 25.2 Å². The summed E-state index contributed by atoms with van der Waals surface area (Å²) < 4.78 is 5.57. The van der Waals surface area contributed by atoms with Crippen LogP contribution in [0.1, 0.15) is 31.2 Å². The van der Waals surface area contributed by atoms with E-state index in [4.69, 9.17) is 22.1 Å². The lowest BCUT2D eigenvalue weighted by atomic mass is 10.1. The zero-order chi connectivity index (χ0) is 15.1. The lowest BCUT2D eigenvalue weighted by Crippen LogP contribution is -2.25. The molecule has 0 bridgehead atoms. The highest BCUT2D eigenvalue weighted by atomic mass is 35.5. The van der Waals surface area contributed by atoms with Crippen molar-refractivity contribution in [3.8, 4) is 11.8 Å². The molecule has 0 saturated carbocycles. The van der Waals surface area contributed by atoms with Gasteiger partial charge in [-0.3, -0.25) is 4.79 Å². The molecule has 0 radical (unpaired) electrons. The summed E-state index contributed by atoms with van der Waals surface area (Å²) in [5.74, 6) is 5.62. The van der Waals surface area contributed by atoms with Gasteiger partial charge in [0.1, 0.15) is 0 Å². The number of nitrogens with one attached hydrogen (secondary N) is 1.